The maximum absolute atomic E-state index is 12.6. The van der Waals surface area contributed by atoms with E-state index in [-0.39, 0.29) is 5.91 Å². The Bertz CT molecular complexity index is 1170. The van der Waals surface area contributed by atoms with Crippen LogP contribution in [-0.2, 0) is 6.54 Å². The van der Waals surface area contributed by atoms with Crippen LogP contribution in [0.3, 0.4) is 0 Å². The van der Waals surface area contributed by atoms with E-state index in [1.807, 2.05) is 61.0 Å². The Balaban J connectivity index is 1.41. The molecule has 0 atom stereocenters. The molecule has 30 heavy (non-hydrogen) atoms. The molecule has 0 radical (unpaired) electrons. The molecule has 0 saturated carbocycles. The summed E-state index contributed by atoms with van der Waals surface area (Å²) in [6, 6.07) is 15.0. The van der Waals surface area contributed by atoms with Crippen molar-refractivity contribution in [2.75, 3.05) is 5.32 Å². The molecule has 6 nitrogen and oxygen atoms in total. The molecule has 9 heteroatoms. The molecular formula is C21H18ClN5OS2. The molecule has 0 aliphatic rings. The molecular weight excluding hydrogens is 438 g/mol. The van der Waals surface area contributed by atoms with Gasteiger partial charge in [-0.3, -0.25) is 9.48 Å². The number of hydrogen-bond acceptors (Lipinski definition) is 6. The van der Waals surface area contributed by atoms with E-state index in [0.29, 0.717) is 22.8 Å². The number of benzene rings is 2. The van der Waals surface area contributed by atoms with Crippen LogP contribution in [0.2, 0.25) is 5.02 Å². The maximum Gasteiger partial charge on any atom is 0.255 e. The van der Waals surface area contributed by atoms with Crippen LogP contribution in [0.25, 0.3) is 0 Å². The molecule has 4 rings (SSSR count). The fraction of sp³-hybridized carbons (Fsp3) is 0.143. The summed E-state index contributed by atoms with van der Waals surface area (Å²) in [6.45, 7) is 4.68. The van der Waals surface area contributed by atoms with Gasteiger partial charge in [0.25, 0.3) is 5.91 Å². The maximum atomic E-state index is 12.6. The average molecular weight is 456 g/mol. The van der Waals surface area contributed by atoms with E-state index in [4.69, 9.17) is 11.6 Å². The minimum Gasteiger partial charge on any atom is -0.322 e. The van der Waals surface area contributed by atoms with Crippen LogP contribution < -0.4 is 5.32 Å². The molecule has 1 N–H and O–H groups in total. The zero-order valence-corrected chi connectivity index (χ0v) is 18.7. The highest BCUT2D eigenvalue weighted by molar-refractivity contribution is 8.01. The first-order valence-electron chi connectivity index (χ1n) is 9.13. The van der Waals surface area contributed by atoms with Gasteiger partial charge < -0.3 is 5.32 Å². The van der Waals surface area contributed by atoms with Crippen molar-refractivity contribution >= 4 is 46.3 Å². The van der Waals surface area contributed by atoms with Crippen LogP contribution in [0, 0.1) is 13.8 Å². The van der Waals surface area contributed by atoms with Crippen molar-refractivity contribution in [2.24, 2.45) is 0 Å². The normalized spacial score (nSPS) is 10.9. The fourth-order valence-electron chi connectivity index (χ4n) is 2.94. The lowest BCUT2D eigenvalue weighted by Crippen LogP contribution is -2.12. The van der Waals surface area contributed by atoms with Crippen LogP contribution in [0.1, 0.15) is 27.3 Å². The van der Waals surface area contributed by atoms with Gasteiger partial charge in [0, 0.05) is 21.8 Å². The summed E-state index contributed by atoms with van der Waals surface area (Å²) in [5, 5.41) is 15.7. The second kappa shape index (κ2) is 8.99. The van der Waals surface area contributed by atoms with Crippen molar-refractivity contribution in [1.29, 1.82) is 0 Å². The van der Waals surface area contributed by atoms with Crippen molar-refractivity contribution in [3.05, 3.63) is 81.6 Å². The van der Waals surface area contributed by atoms with Crippen molar-refractivity contribution in [3.63, 3.8) is 0 Å². The van der Waals surface area contributed by atoms with Crippen molar-refractivity contribution < 1.29 is 4.79 Å². The van der Waals surface area contributed by atoms with Gasteiger partial charge in [-0.15, -0.1) is 10.2 Å². The summed E-state index contributed by atoms with van der Waals surface area (Å²) in [5.74, 6) is -0.187. The van der Waals surface area contributed by atoms with Gasteiger partial charge in [0.1, 0.15) is 5.51 Å². The number of nitrogens with zero attached hydrogens (tertiary/aromatic N) is 4. The summed E-state index contributed by atoms with van der Waals surface area (Å²) in [6.07, 6.45) is 0. The number of halogens is 1. The molecule has 0 aliphatic heterocycles. The van der Waals surface area contributed by atoms with Gasteiger partial charge in [0.05, 0.1) is 17.3 Å². The van der Waals surface area contributed by atoms with Gasteiger partial charge in [-0.2, -0.15) is 5.10 Å². The van der Waals surface area contributed by atoms with E-state index in [0.717, 1.165) is 26.2 Å². The first kappa shape index (κ1) is 20.6. The number of carbonyl (C=O) groups is 1. The summed E-state index contributed by atoms with van der Waals surface area (Å²) in [7, 11) is 0. The summed E-state index contributed by atoms with van der Waals surface area (Å²) >= 11 is 9.26. The number of hydrogen-bond donors (Lipinski definition) is 1. The topological polar surface area (TPSA) is 72.7 Å². The van der Waals surface area contributed by atoms with Crippen LogP contribution in [0.5, 0.6) is 0 Å². The molecule has 4 aromatic rings. The third-order valence-corrected chi connectivity index (χ3v) is 6.66. The number of nitrogens with one attached hydrogen (secondary N) is 1. The molecule has 0 aliphatic carbocycles. The quantitative estimate of drug-likeness (QED) is 0.418. The van der Waals surface area contributed by atoms with Crippen molar-refractivity contribution in [1.82, 2.24) is 20.0 Å². The van der Waals surface area contributed by atoms with Crippen LogP contribution >= 0.6 is 34.7 Å². The third kappa shape index (κ3) is 4.89. The minimum absolute atomic E-state index is 0.187. The summed E-state index contributed by atoms with van der Waals surface area (Å²) in [5.41, 5.74) is 6.08. The molecule has 0 bridgehead atoms. The number of anilines is 1. The van der Waals surface area contributed by atoms with Crippen LogP contribution in [0.15, 0.2) is 63.3 Å². The van der Waals surface area contributed by atoms with Gasteiger partial charge >= 0.3 is 0 Å². The Morgan fingerprint density at radius 3 is 2.60 bits per heavy atom. The second-order valence-electron chi connectivity index (χ2n) is 6.69. The molecule has 0 fully saturated rings. The van der Waals surface area contributed by atoms with Gasteiger partial charge in [-0.05, 0) is 55.8 Å². The predicted molar refractivity (Wildman–Crippen MR) is 121 cm³/mol. The molecule has 0 spiro atoms. The molecule has 0 saturated heterocycles. The number of carbonyl (C=O) groups excluding carboxylic acids is 1. The van der Waals surface area contributed by atoms with E-state index in [1.165, 1.54) is 23.1 Å². The monoisotopic (exact) mass is 455 g/mol. The average Bonchev–Trinajstić information content (AvgIpc) is 3.34. The van der Waals surface area contributed by atoms with Gasteiger partial charge in [0.2, 0.25) is 0 Å². The summed E-state index contributed by atoms with van der Waals surface area (Å²) in [4.78, 5) is 13.5. The van der Waals surface area contributed by atoms with Gasteiger partial charge in [-0.25, -0.2) is 0 Å². The van der Waals surface area contributed by atoms with Gasteiger partial charge in [0.15, 0.2) is 4.34 Å². The summed E-state index contributed by atoms with van der Waals surface area (Å²) < 4.78 is 2.77. The fourth-order valence-corrected chi connectivity index (χ4v) is 4.67. The Hall–Kier alpha value is -2.68. The molecule has 2 aromatic carbocycles. The number of aryl methyl sites for hydroxylation is 2. The highest BCUT2D eigenvalue weighted by atomic mass is 35.5. The third-order valence-electron chi connectivity index (χ3n) is 4.38. The predicted octanol–water partition coefficient (Wildman–Crippen LogP) is 5.46. The van der Waals surface area contributed by atoms with Crippen molar-refractivity contribution in [2.45, 2.75) is 29.6 Å². The highest BCUT2D eigenvalue weighted by Gasteiger charge is 2.10. The van der Waals surface area contributed by atoms with E-state index < -0.39 is 0 Å². The first-order chi connectivity index (χ1) is 14.5. The molecule has 152 valence electrons. The standard InChI is InChI=1S/C21H18ClN5OS2/c1-13-9-14(2)27(26-13)11-15-3-5-16(6-4-15)20(28)24-17-7-8-19(18(22)10-17)30-21-25-23-12-29-21/h3-10,12H,11H2,1-2H3,(H,24,28). The number of aromatic nitrogens is 4. The minimum atomic E-state index is -0.187. The van der Waals surface area contributed by atoms with Gasteiger partial charge in [-0.1, -0.05) is 46.8 Å². The first-order valence-corrected chi connectivity index (χ1v) is 11.2. The second-order valence-corrected chi connectivity index (χ2v) is 9.22. The van der Waals surface area contributed by atoms with E-state index in [9.17, 15) is 4.79 Å². The Labute approximate surface area is 187 Å². The Morgan fingerprint density at radius 2 is 1.97 bits per heavy atom. The van der Waals surface area contributed by atoms with Crippen LogP contribution in [-0.4, -0.2) is 25.9 Å². The molecule has 1 amide bonds. The number of rotatable bonds is 6. The zero-order valence-electron chi connectivity index (χ0n) is 16.3. The Morgan fingerprint density at radius 1 is 1.17 bits per heavy atom. The smallest absolute Gasteiger partial charge is 0.255 e. The lowest BCUT2D eigenvalue weighted by molar-refractivity contribution is 0.102. The zero-order chi connectivity index (χ0) is 21.1. The molecule has 2 heterocycles. The SMILES string of the molecule is Cc1cc(C)n(Cc2ccc(C(=O)Nc3ccc(Sc4nncs4)c(Cl)c3)cc2)n1. The van der Waals surface area contributed by atoms with E-state index in [2.05, 4.69) is 20.6 Å². The molecule has 2 aromatic heterocycles. The van der Waals surface area contributed by atoms with Crippen molar-refractivity contribution in [3.8, 4) is 0 Å². The van der Waals surface area contributed by atoms with E-state index in [1.54, 1.807) is 11.6 Å². The Kier molecular flexibility index (Phi) is 6.17. The largest absolute Gasteiger partial charge is 0.322 e. The highest BCUT2D eigenvalue weighted by Crippen LogP contribution is 2.35. The van der Waals surface area contributed by atoms with Crippen LogP contribution in [0.4, 0.5) is 5.69 Å². The lowest BCUT2D eigenvalue weighted by atomic mass is 10.1. The molecule has 0 unspecified atom stereocenters. The van der Waals surface area contributed by atoms with E-state index >= 15 is 0 Å². The number of amides is 1. The lowest BCUT2D eigenvalue weighted by Gasteiger charge is -2.09.